The number of aromatic nitrogens is 1. The largest absolute Gasteiger partial charge is 0.488 e. The van der Waals surface area contributed by atoms with Crippen LogP contribution in [0, 0.1) is 0 Å². The van der Waals surface area contributed by atoms with E-state index in [-0.39, 0.29) is 12.4 Å². The first-order valence-corrected chi connectivity index (χ1v) is 14.2. The third kappa shape index (κ3) is 6.87. The fraction of sp³-hybridized carbons (Fsp3) is 0.118. The van der Waals surface area contributed by atoms with Crippen LogP contribution in [0.15, 0.2) is 115 Å². The van der Waals surface area contributed by atoms with Crippen molar-refractivity contribution < 1.29 is 14.3 Å². The van der Waals surface area contributed by atoms with Crippen LogP contribution in [-0.4, -0.2) is 24.2 Å². The van der Waals surface area contributed by atoms with Gasteiger partial charge in [0, 0.05) is 11.8 Å². The normalized spacial score (nSPS) is 11.3. The Bertz CT molecular complexity index is 1600. The van der Waals surface area contributed by atoms with Crippen molar-refractivity contribution in [2.45, 2.75) is 13.3 Å². The fourth-order valence-corrected chi connectivity index (χ4v) is 5.55. The summed E-state index contributed by atoms with van der Waals surface area (Å²) >= 11 is 8.13. The van der Waals surface area contributed by atoms with E-state index in [9.17, 15) is 4.79 Å². The zero-order valence-corrected chi connectivity index (χ0v) is 23.6. The highest BCUT2D eigenvalue weighted by atomic mass is 35.5. The molecule has 0 aliphatic carbocycles. The van der Waals surface area contributed by atoms with Crippen molar-refractivity contribution in [3.05, 3.63) is 136 Å². The van der Waals surface area contributed by atoms with Crippen LogP contribution in [0.2, 0.25) is 5.02 Å². The fourth-order valence-electron chi connectivity index (χ4n) is 4.31. The van der Waals surface area contributed by atoms with E-state index in [0.717, 1.165) is 37.7 Å². The van der Waals surface area contributed by atoms with Gasteiger partial charge in [0.05, 0.1) is 22.9 Å². The predicted molar refractivity (Wildman–Crippen MR) is 164 cm³/mol. The Morgan fingerprint density at radius 3 is 2.23 bits per heavy atom. The third-order valence-corrected chi connectivity index (χ3v) is 7.65. The minimum atomic E-state index is -0.280. The zero-order chi connectivity index (χ0) is 27.7. The smallest absolute Gasteiger partial charge is 0.310 e. The zero-order valence-electron chi connectivity index (χ0n) is 22.0. The Hall–Kier alpha value is -4.19. The molecule has 200 valence electrons. The number of rotatable bonds is 10. The van der Waals surface area contributed by atoms with Crippen LogP contribution < -0.4 is 4.74 Å². The highest BCUT2D eigenvalue weighted by Gasteiger charge is 2.13. The van der Waals surface area contributed by atoms with Gasteiger partial charge in [0.15, 0.2) is 0 Å². The number of carbonyl (C=O) groups is 1. The predicted octanol–water partition coefficient (Wildman–Crippen LogP) is 8.75. The van der Waals surface area contributed by atoms with E-state index in [1.165, 1.54) is 5.56 Å². The molecule has 5 rings (SSSR count). The first-order valence-electron chi connectivity index (χ1n) is 13.0. The van der Waals surface area contributed by atoms with Crippen molar-refractivity contribution in [3.8, 4) is 27.4 Å². The SMILES string of the molecule is CCOC(=O)Cc1ccc(OCC=C(c2ccc(-c3ccccc3)cc2)c2cnc(-c3ccccc3)s2)c(Cl)c1. The molecular weight excluding hydrogens is 538 g/mol. The third-order valence-electron chi connectivity index (χ3n) is 6.27. The van der Waals surface area contributed by atoms with Crippen LogP contribution >= 0.6 is 22.9 Å². The van der Waals surface area contributed by atoms with Crippen molar-refractivity contribution >= 4 is 34.5 Å². The second-order valence-corrected chi connectivity index (χ2v) is 10.5. The van der Waals surface area contributed by atoms with Crippen LogP contribution in [-0.2, 0) is 16.0 Å². The summed E-state index contributed by atoms with van der Waals surface area (Å²) in [7, 11) is 0. The molecule has 0 bridgehead atoms. The number of nitrogens with zero attached hydrogens (tertiary/aromatic N) is 1. The summed E-state index contributed by atoms with van der Waals surface area (Å²) in [5, 5.41) is 1.41. The molecule has 4 aromatic carbocycles. The van der Waals surface area contributed by atoms with E-state index in [1.807, 2.05) is 48.7 Å². The summed E-state index contributed by atoms with van der Waals surface area (Å²) in [6.07, 6.45) is 4.15. The lowest BCUT2D eigenvalue weighted by atomic mass is 9.99. The van der Waals surface area contributed by atoms with E-state index in [4.69, 9.17) is 26.1 Å². The van der Waals surface area contributed by atoms with Gasteiger partial charge in [0.2, 0.25) is 0 Å². The van der Waals surface area contributed by atoms with Gasteiger partial charge in [-0.25, -0.2) is 4.98 Å². The van der Waals surface area contributed by atoms with E-state index < -0.39 is 0 Å². The maximum atomic E-state index is 11.8. The number of hydrogen-bond acceptors (Lipinski definition) is 5. The average Bonchev–Trinajstić information content (AvgIpc) is 3.48. The Kier molecular flexibility index (Phi) is 9.07. The summed E-state index contributed by atoms with van der Waals surface area (Å²) < 4.78 is 11.1. The lowest BCUT2D eigenvalue weighted by Gasteiger charge is -2.11. The van der Waals surface area contributed by atoms with E-state index in [2.05, 4.69) is 54.6 Å². The Morgan fingerprint density at radius 1 is 0.875 bits per heavy atom. The maximum absolute atomic E-state index is 11.8. The topological polar surface area (TPSA) is 48.4 Å². The monoisotopic (exact) mass is 565 g/mol. The lowest BCUT2D eigenvalue weighted by Crippen LogP contribution is -2.07. The number of esters is 1. The van der Waals surface area contributed by atoms with Crippen LogP contribution in [0.5, 0.6) is 5.75 Å². The molecule has 6 heteroatoms. The van der Waals surface area contributed by atoms with Gasteiger partial charge in [-0.2, -0.15) is 0 Å². The number of hydrogen-bond donors (Lipinski definition) is 0. The standard InChI is InChI=1S/C34H28ClNO3S/c1-2-38-33(37)22-24-13-18-31(30(35)21-24)39-20-19-29(32-23-36-34(40-32)28-11-7-4-8-12-28)27-16-14-26(15-17-27)25-9-5-3-6-10-25/h3-19,21,23H,2,20,22H2,1H3. The van der Waals surface area contributed by atoms with Gasteiger partial charge < -0.3 is 9.47 Å². The summed E-state index contributed by atoms with van der Waals surface area (Å²) in [4.78, 5) is 17.6. The van der Waals surface area contributed by atoms with E-state index in [0.29, 0.717) is 24.0 Å². The molecule has 0 radical (unpaired) electrons. The van der Waals surface area contributed by atoms with Gasteiger partial charge in [-0.1, -0.05) is 103 Å². The molecule has 0 unspecified atom stereocenters. The summed E-state index contributed by atoms with van der Waals surface area (Å²) in [6.45, 7) is 2.45. The van der Waals surface area contributed by atoms with Crippen molar-refractivity contribution in [1.29, 1.82) is 0 Å². The molecule has 0 aliphatic rings. The van der Waals surface area contributed by atoms with Crippen LogP contribution in [0.4, 0.5) is 0 Å². The summed E-state index contributed by atoms with van der Waals surface area (Å²) in [5.41, 5.74) is 6.31. The average molecular weight is 566 g/mol. The van der Waals surface area contributed by atoms with Crippen LogP contribution in [0.25, 0.3) is 27.3 Å². The lowest BCUT2D eigenvalue weighted by molar-refractivity contribution is -0.142. The molecule has 0 N–H and O–H groups in total. The molecule has 5 aromatic rings. The molecule has 1 heterocycles. The minimum absolute atomic E-state index is 0.173. The Morgan fingerprint density at radius 2 is 1.55 bits per heavy atom. The highest BCUT2D eigenvalue weighted by molar-refractivity contribution is 7.16. The van der Waals surface area contributed by atoms with Crippen LogP contribution in [0.3, 0.4) is 0 Å². The van der Waals surface area contributed by atoms with Gasteiger partial charge in [-0.15, -0.1) is 11.3 Å². The minimum Gasteiger partial charge on any atom is -0.488 e. The molecule has 0 fully saturated rings. The molecule has 0 saturated carbocycles. The van der Waals surface area contributed by atoms with Crippen molar-refractivity contribution in [2.75, 3.05) is 13.2 Å². The molecular formula is C34H28ClNO3S. The molecule has 0 spiro atoms. The van der Waals surface area contributed by atoms with E-state index >= 15 is 0 Å². The van der Waals surface area contributed by atoms with Gasteiger partial charge in [-0.3, -0.25) is 4.79 Å². The number of carbonyl (C=O) groups excluding carboxylic acids is 1. The first-order chi connectivity index (χ1) is 19.6. The number of benzene rings is 4. The van der Waals surface area contributed by atoms with Gasteiger partial charge >= 0.3 is 5.97 Å². The van der Waals surface area contributed by atoms with E-state index in [1.54, 1.807) is 30.4 Å². The van der Waals surface area contributed by atoms with Gasteiger partial charge in [0.1, 0.15) is 17.4 Å². The molecule has 1 aromatic heterocycles. The molecule has 0 amide bonds. The second kappa shape index (κ2) is 13.2. The van der Waals surface area contributed by atoms with Crippen LogP contribution in [0.1, 0.15) is 22.9 Å². The highest BCUT2D eigenvalue weighted by Crippen LogP contribution is 2.34. The number of ether oxygens (including phenoxy) is 2. The Labute approximate surface area is 243 Å². The maximum Gasteiger partial charge on any atom is 0.310 e. The first kappa shape index (κ1) is 27.4. The van der Waals surface area contributed by atoms with Crippen molar-refractivity contribution in [2.24, 2.45) is 0 Å². The second-order valence-electron chi connectivity index (χ2n) is 9.01. The van der Waals surface area contributed by atoms with Crippen molar-refractivity contribution in [3.63, 3.8) is 0 Å². The van der Waals surface area contributed by atoms with Crippen molar-refractivity contribution in [1.82, 2.24) is 4.98 Å². The molecule has 4 nitrogen and oxygen atoms in total. The number of halogens is 1. The molecule has 0 atom stereocenters. The molecule has 40 heavy (non-hydrogen) atoms. The molecule has 0 saturated heterocycles. The molecule has 0 aliphatic heterocycles. The van der Waals surface area contributed by atoms with Gasteiger partial charge in [0.25, 0.3) is 0 Å². The Balaban J connectivity index is 1.39. The van der Waals surface area contributed by atoms with Gasteiger partial charge in [-0.05, 0) is 53.0 Å². The number of thiazole rings is 1. The summed E-state index contributed by atoms with van der Waals surface area (Å²) in [6, 6.07) is 34.4. The quantitative estimate of drug-likeness (QED) is 0.159. The summed E-state index contributed by atoms with van der Waals surface area (Å²) in [5.74, 6) is 0.274.